The van der Waals surface area contributed by atoms with Gasteiger partial charge in [0.1, 0.15) is 12.6 Å². The molecule has 1 aromatic rings. The summed E-state index contributed by atoms with van der Waals surface area (Å²) in [5.74, 6) is -2.43. The van der Waals surface area contributed by atoms with Crippen molar-refractivity contribution < 1.29 is 24.2 Å². The van der Waals surface area contributed by atoms with Crippen molar-refractivity contribution in [2.75, 3.05) is 24.7 Å². The summed E-state index contributed by atoms with van der Waals surface area (Å²) in [6.07, 6.45) is 4.56. The van der Waals surface area contributed by atoms with Crippen molar-refractivity contribution in [1.29, 1.82) is 0 Å². The minimum Gasteiger partial charge on any atom is -0.461 e. The summed E-state index contributed by atoms with van der Waals surface area (Å²) in [5, 5.41) is 10.9. The Labute approximate surface area is 240 Å². The van der Waals surface area contributed by atoms with E-state index in [4.69, 9.17) is 16.3 Å². The van der Waals surface area contributed by atoms with E-state index in [0.717, 1.165) is 5.56 Å². The van der Waals surface area contributed by atoms with Crippen LogP contribution in [0.15, 0.2) is 43.5 Å². The van der Waals surface area contributed by atoms with Crippen molar-refractivity contribution in [2.45, 2.75) is 62.6 Å². The fourth-order valence-electron chi connectivity index (χ4n) is 6.95. The van der Waals surface area contributed by atoms with Crippen LogP contribution in [-0.4, -0.2) is 69.6 Å². The third-order valence-electron chi connectivity index (χ3n) is 8.91. The number of amides is 2. The number of aliphatic hydroxyl groups is 1. The number of hydrogen-bond donors (Lipinski definition) is 1. The van der Waals surface area contributed by atoms with Crippen LogP contribution in [0, 0.1) is 30.6 Å². The van der Waals surface area contributed by atoms with Crippen LogP contribution in [0.3, 0.4) is 0 Å². The number of aryl methyl sites for hydroxylation is 1. The lowest BCUT2D eigenvalue weighted by atomic mass is 9.66. The zero-order chi connectivity index (χ0) is 28.6. The molecule has 3 unspecified atom stereocenters. The average Bonchev–Trinajstić information content (AvgIpc) is 3.50. The molecule has 1 spiro atoms. The smallest absolute Gasteiger partial charge is 0.311 e. The van der Waals surface area contributed by atoms with E-state index in [1.165, 1.54) is 6.08 Å². The number of halogens is 1. The monoisotopic (exact) mass is 574 g/mol. The van der Waals surface area contributed by atoms with Gasteiger partial charge in [0.2, 0.25) is 5.91 Å². The van der Waals surface area contributed by atoms with Gasteiger partial charge in [0.15, 0.2) is 0 Å². The van der Waals surface area contributed by atoms with Crippen LogP contribution < -0.4 is 4.90 Å². The largest absolute Gasteiger partial charge is 0.461 e. The number of carbonyl (C=O) groups is 3. The predicted molar refractivity (Wildman–Crippen MR) is 156 cm³/mol. The van der Waals surface area contributed by atoms with E-state index in [2.05, 4.69) is 20.1 Å². The van der Waals surface area contributed by atoms with Crippen molar-refractivity contribution >= 4 is 46.8 Å². The molecule has 39 heavy (non-hydrogen) atoms. The molecule has 1 aromatic carbocycles. The van der Waals surface area contributed by atoms with Crippen LogP contribution in [0.25, 0.3) is 0 Å². The molecule has 0 radical (unpaired) electrons. The maximum absolute atomic E-state index is 14.8. The zero-order valence-electron chi connectivity index (χ0n) is 23.1. The number of fused-ring (bicyclic) bond motifs is 1. The fourth-order valence-corrected chi connectivity index (χ4v) is 9.66. The van der Waals surface area contributed by atoms with Crippen molar-refractivity contribution in [3.8, 4) is 0 Å². The summed E-state index contributed by atoms with van der Waals surface area (Å²) >= 11 is 8.23. The predicted octanol–water partition coefficient (Wildman–Crippen LogP) is 4.64. The lowest BCUT2D eigenvalue weighted by Crippen LogP contribution is -2.60. The molecule has 3 heterocycles. The molecule has 2 amide bonds. The highest BCUT2D eigenvalue weighted by molar-refractivity contribution is 8.02. The standard InChI is InChI=1S/C30H39ClN2O5S/c1-7-13-32(25-18(5)11-10-12-20(25)31)28(36)26-30-19(6)15-22(39-30)23(29(37)38-14-8-2)24(30)27(35)33(26)21(16-34)17(4)9-3/h7-8,10-12,17,19,21-24,26,34H,1-2,9,13-16H2,3-6H3/t17-,19?,21-,22-,23+,24-,26?,30?/m0/s1. The van der Waals surface area contributed by atoms with E-state index in [9.17, 15) is 19.5 Å². The number of anilines is 1. The van der Waals surface area contributed by atoms with E-state index in [0.29, 0.717) is 23.6 Å². The number of benzene rings is 1. The molecule has 3 fully saturated rings. The Balaban J connectivity index is 1.90. The number of aliphatic hydroxyl groups excluding tert-OH is 1. The molecule has 4 rings (SSSR count). The number of esters is 1. The lowest BCUT2D eigenvalue weighted by molar-refractivity contribution is -0.154. The van der Waals surface area contributed by atoms with Crippen LogP contribution in [0.5, 0.6) is 0 Å². The molecule has 0 aliphatic carbocycles. The first-order chi connectivity index (χ1) is 18.6. The number of nitrogens with zero attached hydrogens (tertiary/aromatic N) is 2. The normalized spacial score (nSPS) is 30.6. The number of likely N-dealkylation sites (tertiary alicyclic amines) is 1. The molecule has 7 nitrogen and oxygen atoms in total. The van der Waals surface area contributed by atoms with Crippen LogP contribution in [0.4, 0.5) is 5.69 Å². The molecule has 0 aromatic heterocycles. The highest BCUT2D eigenvalue weighted by atomic mass is 35.5. The van der Waals surface area contributed by atoms with Gasteiger partial charge in [-0.05, 0) is 36.8 Å². The van der Waals surface area contributed by atoms with Gasteiger partial charge in [-0.2, -0.15) is 0 Å². The van der Waals surface area contributed by atoms with Gasteiger partial charge in [-0.25, -0.2) is 0 Å². The summed E-state index contributed by atoms with van der Waals surface area (Å²) in [6, 6.07) is 4.00. The highest BCUT2D eigenvalue weighted by Gasteiger charge is 2.77. The topological polar surface area (TPSA) is 87.2 Å². The van der Waals surface area contributed by atoms with E-state index >= 15 is 0 Å². The lowest BCUT2D eigenvalue weighted by Gasteiger charge is -2.43. The molecule has 2 bridgehead atoms. The quantitative estimate of drug-likeness (QED) is 0.306. The second kappa shape index (κ2) is 11.7. The molecule has 3 saturated heterocycles. The van der Waals surface area contributed by atoms with Crippen molar-refractivity contribution in [2.24, 2.45) is 23.7 Å². The summed E-state index contributed by atoms with van der Waals surface area (Å²) in [5.41, 5.74) is 1.40. The number of carbonyl (C=O) groups excluding carboxylic acids is 3. The Bertz CT molecular complexity index is 1140. The van der Waals surface area contributed by atoms with Crippen LogP contribution in [0.1, 0.15) is 39.2 Å². The minimum atomic E-state index is -0.890. The van der Waals surface area contributed by atoms with Gasteiger partial charge in [0.05, 0.1) is 39.9 Å². The van der Waals surface area contributed by atoms with Crippen LogP contribution in [-0.2, 0) is 19.1 Å². The summed E-state index contributed by atoms with van der Waals surface area (Å²) in [6.45, 7) is 15.4. The van der Waals surface area contributed by atoms with Gasteiger partial charge in [-0.3, -0.25) is 14.4 Å². The maximum Gasteiger partial charge on any atom is 0.311 e. The number of thioether (sulfide) groups is 1. The van der Waals surface area contributed by atoms with Gasteiger partial charge < -0.3 is 19.6 Å². The molecule has 1 N–H and O–H groups in total. The number of ether oxygens (including phenoxy) is 1. The first-order valence-corrected chi connectivity index (χ1v) is 14.9. The first kappa shape index (κ1) is 29.7. The van der Waals surface area contributed by atoms with Crippen molar-refractivity contribution in [1.82, 2.24) is 4.90 Å². The Morgan fingerprint density at radius 3 is 2.67 bits per heavy atom. The Morgan fingerprint density at radius 2 is 2.08 bits per heavy atom. The SMILES string of the molecule is C=CCOC(=O)[C@@H]1[C@@H]2CC(C)C3(S2)C(C(=O)N(CC=C)c2c(C)cccc2Cl)N([C@@H](CO)[C@@H](C)CC)C(=O)[C@H]13. The van der Waals surface area contributed by atoms with Gasteiger partial charge in [0, 0.05) is 11.8 Å². The number of para-hydroxylation sites is 1. The Kier molecular flexibility index (Phi) is 8.89. The molecule has 0 saturated carbocycles. The van der Waals surface area contributed by atoms with E-state index in [1.54, 1.807) is 33.7 Å². The van der Waals surface area contributed by atoms with Crippen molar-refractivity contribution in [3.63, 3.8) is 0 Å². The number of hydrogen-bond acceptors (Lipinski definition) is 6. The van der Waals surface area contributed by atoms with Gasteiger partial charge in [-0.1, -0.05) is 69.7 Å². The summed E-state index contributed by atoms with van der Waals surface area (Å²) in [7, 11) is 0. The van der Waals surface area contributed by atoms with Crippen LogP contribution >= 0.6 is 23.4 Å². The van der Waals surface area contributed by atoms with E-state index in [-0.39, 0.29) is 48.7 Å². The second-order valence-electron chi connectivity index (χ2n) is 11.0. The average molecular weight is 575 g/mol. The van der Waals surface area contributed by atoms with Gasteiger partial charge in [0.25, 0.3) is 5.91 Å². The Morgan fingerprint density at radius 1 is 1.36 bits per heavy atom. The molecule has 3 aliphatic heterocycles. The third-order valence-corrected chi connectivity index (χ3v) is 11.3. The van der Waals surface area contributed by atoms with E-state index in [1.807, 2.05) is 32.9 Å². The second-order valence-corrected chi connectivity index (χ2v) is 13.0. The van der Waals surface area contributed by atoms with E-state index < -0.39 is 34.6 Å². The maximum atomic E-state index is 14.8. The highest BCUT2D eigenvalue weighted by Crippen LogP contribution is 2.69. The molecule has 3 aliphatic rings. The van der Waals surface area contributed by atoms with Crippen LogP contribution in [0.2, 0.25) is 5.02 Å². The zero-order valence-corrected chi connectivity index (χ0v) is 24.7. The van der Waals surface area contributed by atoms with Gasteiger partial charge in [-0.15, -0.1) is 18.3 Å². The molecular weight excluding hydrogens is 536 g/mol. The molecule has 9 heteroatoms. The van der Waals surface area contributed by atoms with Crippen molar-refractivity contribution in [3.05, 3.63) is 54.1 Å². The summed E-state index contributed by atoms with van der Waals surface area (Å²) < 4.78 is 4.63. The first-order valence-electron chi connectivity index (χ1n) is 13.7. The fraction of sp³-hybridized carbons (Fsp3) is 0.567. The Hall–Kier alpha value is -2.29. The molecule has 212 valence electrons. The molecule has 8 atom stereocenters. The number of rotatable bonds is 11. The minimum absolute atomic E-state index is 0.0157. The third kappa shape index (κ3) is 4.62. The molecular formula is C30H39ClN2O5S. The summed E-state index contributed by atoms with van der Waals surface area (Å²) in [4.78, 5) is 45.8. The van der Waals surface area contributed by atoms with Gasteiger partial charge >= 0.3 is 5.97 Å².